The zero-order chi connectivity index (χ0) is 21.8. The number of nitrogens with one attached hydrogen (secondary N) is 2. The van der Waals surface area contributed by atoms with Gasteiger partial charge < -0.3 is 20.3 Å². The van der Waals surface area contributed by atoms with Crippen LogP contribution in [0.5, 0.6) is 0 Å². The Bertz CT molecular complexity index is 632. The first-order valence-electron chi connectivity index (χ1n) is 11.1. The molecule has 1 amide bonds. The molecular formula is C22H40IN5O2S. The molecule has 9 heteroatoms. The zero-order valence-electron chi connectivity index (χ0n) is 19.4. The molecule has 0 spiro atoms. The van der Waals surface area contributed by atoms with Crippen molar-refractivity contribution in [1.29, 1.82) is 0 Å². The van der Waals surface area contributed by atoms with E-state index < -0.39 is 0 Å². The third-order valence-corrected chi connectivity index (χ3v) is 6.64. The summed E-state index contributed by atoms with van der Waals surface area (Å²) < 4.78 is 5.56. The van der Waals surface area contributed by atoms with Crippen molar-refractivity contribution in [3.63, 3.8) is 0 Å². The van der Waals surface area contributed by atoms with Crippen LogP contribution in [0, 0.1) is 5.92 Å². The number of carbonyl (C=O) groups excluding carboxylic acids is 1. The molecule has 2 heterocycles. The third kappa shape index (κ3) is 10.0. The summed E-state index contributed by atoms with van der Waals surface area (Å²) in [4.78, 5) is 22.1. The van der Waals surface area contributed by atoms with Crippen molar-refractivity contribution in [1.82, 2.24) is 20.4 Å². The molecule has 0 aliphatic carbocycles. The topological polar surface area (TPSA) is 69.2 Å². The fraction of sp³-hybridized carbons (Fsp3) is 0.727. The van der Waals surface area contributed by atoms with Crippen molar-refractivity contribution in [2.24, 2.45) is 10.9 Å². The summed E-state index contributed by atoms with van der Waals surface area (Å²) in [6.45, 7) is 9.83. The molecule has 1 aromatic rings. The minimum atomic E-state index is -0.000853. The lowest BCUT2D eigenvalue weighted by Crippen LogP contribution is -2.53. The molecular weight excluding hydrogens is 525 g/mol. The number of nitrogens with zero attached hydrogens (tertiary/aromatic N) is 3. The van der Waals surface area contributed by atoms with Crippen LogP contribution in [0.1, 0.15) is 31.6 Å². The van der Waals surface area contributed by atoms with Crippen LogP contribution in [0.15, 0.2) is 22.5 Å². The van der Waals surface area contributed by atoms with Crippen LogP contribution in [-0.2, 0) is 16.0 Å². The normalized spacial score (nSPS) is 16.0. The molecule has 1 atom stereocenters. The van der Waals surface area contributed by atoms with Gasteiger partial charge in [0.15, 0.2) is 5.96 Å². The lowest BCUT2D eigenvalue weighted by molar-refractivity contribution is -0.127. The fourth-order valence-corrected chi connectivity index (χ4v) is 4.47. The average molecular weight is 566 g/mol. The summed E-state index contributed by atoms with van der Waals surface area (Å²) in [6, 6.07) is 4.65. The number of rotatable bonds is 11. The fourth-order valence-electron chi connectivity index (χ4n) is 3.76. The monoisotopic (exact) mass is 565 g/mol. The first-order chi connectivity index (χ1) is 14.5. The molecule has 1 unspecified atom stereocenters. The van der Waals surface area contributed by atoms with Gasteiger partial charge in [0.1, 0.15) is 6.54 Å². The Hall–Kier alpha value is -0.910. The van der Waals surface area contributed by atoms with Crippen molar-refractivity contribution >= 4 is 47.2 Å². The van der Waals surface area contributed by atoms with Gasteiger partial charge in [0.2, 0.25) is 5.91 Å². The first-order valence-corrected chi connectivity index (χ1v) is 12.0. The third-order valence-electron chi connectivity index (χ3n) is 5.70. The SMILES string of the molecule is CCC(CC)C(CNC(=NCC(=O)N(C)C)NCCc1cccs1)N1CCOCC1.I. The molecule has 2 N–H and O–H groups in total. The van der Waals surface area contributed by atoms with E-state index in [1.807, 2.05) is 0 Å². The van der Waals surface area contributed by atoms with E-state index in [2.05, 4.69) is 51.9 Å². The highest BCUT2D eigenvalue weighted by Gasteiger charge is 2.27. The molecule has 1 saturated heterocycles. The van der Waals surface area contributed by atoms with Crippen LogP contribution in [0.4, 0.5) is 0 Å². The maximum Gasteiger partial charge on any atom is 0.243 e. The number of thiophene rings is 1. The molecule has 1 aliphatic heterocycles. The quantitative estimate of drug-likeness (QED) is 0.246. The van der Waals surface area contributed by atoms with E-state index in [4.69, 9.17) is 4.74 Å². The van der Waals surface area contributed by atoms with Crippen LogP contribution in [0.25, 0.3) is 0 Å². The number of amides is 1. The van der Waals surface area contributed by atoms with Gasteiger partial charge in [0.05, 0.1) is 13.2 Å². The molecule has 0 saturated carbocycles. The largest absolute Gasteiger partial charge is 0.379 e. The standard InChI is InChI=1S/C22H39N5O2S.HI/c1-5-18(6-2)20(27-11-13-29-14-12-27)16-24-22(25-17-21(28)26(3)4)23-10-9-19-8-7-15-30-19;/h7-8,15,18,20H,5-6,9-14,16-17H2,1-4H3,(H2,23,24,25);1H. The van der Waals surface area contributed by atoms with E-state index >= 15 is 0 Å². The summed E-state index contributed by atoms with van der Waals surface area (Å²) in [5.74, 6) is 1.33. The summed E-state index contributed by atoms with van der Waals surface area (Å²) in [5, 5.41) is 9.05. The Kier molecular flexibility index (Phi) is 14.4. The Balaban J connectivity index is 0.00000480. The molecule has 2 rings (SSSR count). The molecule has 1 aliphatic rings. The number of likely N-dealkylation sites (N-methyl/N-ethyl adjacent to an activating group) is 1. The number of hydrogen-bond donors (Lipinski definition) is 2. The predicted molar refractivity (Wildman–Crippen MR) is 141 cm³/mol. The summed E-state index contributed by atoms with van der Waals surface area (Å²) in [6.07, 6.45) is 3.24. The van der Waals surface area contributed by atoms with Gasteiger partial charge in [0.25, 0.3) is 0 Å². The second kappa shape index (κ2) is 15.8. The smallest absolute Gasteiger partial charge is 0.243 e. The molecule has 178 valence electrons. The van der Waals surface area contributed by atoms with Crippen molar-refractivity contribution in [2.45, 2.75) is 39.2 Å². The molecule has 31 heavy (non-hydrogen) atoms. The lowest BCUT2D eigenvalue weighted by Gasteiger charge is -2.39. The summed E-state index contributed by atoms with van der Waals surface area (Å²) in [5.41, 5.74) is 0. The van der Waals surface area contributed by atoms with Gasteiger partial charge in [-0.1, -0.05) is 32.8 Å². The Morgan fingerprint density at radius 2 is 1.97 bits per heavy atom. The zero-order valence-corrected chi connectivity index (χ0v) is 22.6. The van der Waals surface area contributed by atoms with Crippen LogP contribution in [0.2, 0.25) is 0 Å². The summed E-state index contributed by atoms with van der Waals surface area (Å²) >= 11 is 1.76. The van der Waals surface area contributed by atoms with Gasteiger partial charge in [0, 0.05) is 51.2 Å². The molecule has 0 bridgehead atoms. The second-order valence-corrected chi connectivity index (χ2v) is 8.91. The summed E-state index contributed by atoms with van der Waals surface area (Å²) in [7, 11) is 3.52. The van der Waals surface area contributed by atoms with Crippen molar-refractivity contribution in [2.75, 3.05) is 60.0 Å². The maximum absolute atomic E-state index is 12.0. The number of hydrogen-bond acceptors (Lipinski definition) is 5. The van der Waals surface area contributed by atoms with Crippen LogP contribution in [0.3, 0.4) is 0 Å². The minimum absolute atomic E-state index is 0. The van der Waals surface area contributed by atoms with E-state index in [1.54, 1.807) is 30.3 Å². The highest BCUT2D eigenvalue weighted by atomic mass is 127. The number of carbonyl (C=O) groups is 1. The van der Waals surface area contributed by atoms with Gasteiger partial charge in [-0.15, -0.1) is 35.3 Å². The number of ether oxygens (including phenoxy) is 1. The van der Waals surface area contributed by atoms with E-state index in [9.17, 15) is 4.79 Å². The predicted octanol–water partition coefficient (Wildman–Crippen LogP) is 2.67. The molecule has 0 aromatic carbocycles. The van der Waals surface area contributed by atoms with E-state index in [0.29, 0.717) is 17.9 Å². The Labute approximate surface area is 209 Å². The Morgan fingerprint density at radius 1 is 1.26 bits per heavy atom. The molecule has 7 nitrogen and oxygen atoms in total. The van der Waals surface area contributed by atoms with Crippen LogP contribution < -0.4 is 10.6 Å². The maximum atomic E-state index is 12.0. The minimum Gasteiger partial charge on any atom is -0.379 e. The highest BCUT2D eigenvalue weighted by molar-refractivity contribution is 14.0. The van der Waals surface area contributed by atoms with E-state index in [0.717, 1.165) is 58.7 Å². The Morgan fingerprint density at radius 3 is 2.55 bits per heavy atom. The van der Waals surface area contributed by atoms with Gasteiger partial charge in [-0.3, -0.25) is 9.69 Å². The molecule has 1 fully saturated rings. The number of guanidine groups is 1. The number of halogens is 1. The van der Waals surface area contributed by atoms with Crippen molar-refractivity contribution in [3.8, 4) is 0 Å². The molecule has 0 radical (unpaired) electrons. The van der Waals surface area contributed by atoms with Gasteiger partial charge in [-0.05, 0) is 23.8 Å². The van der Waals surface area contributed by atoms with Crippen LogP contribution in [-0.4, -0.2) is 87.7 Å². The number of aliphatic imine (C=N–C) groups is 1. The van der Waals surface area contributed by atoms with Crippen LogP contribution >= 0.6 is 35.3 Å². The van der Waals surface area contributed by atoms with Crippen molar-refractivity contribution < 1.29 is 9.53 Å². The number of morpholine rings is 1. The van der Waals surface area contributed by atoms with Crippen molar-refractivity contribution in [3.05, 3.63) is 22.4 Å². The van der Waals surface area contributed by atoms with Gasteiger partial charge in [-0.25, -0.2) is 4.99 Å². The molecule has 1 aromatic heterocycles. The highest BCUT2D eigenvalue weighted by Crippen LogP contribution is 2.19. The average Bonchev–Trinajstić information content (AvgIpc) is 3.28. The van der Waals surface area contributed by atoms with E-state index in [1.165, 1.54) is 4.88 Å². The van der Waals surface area contributed by atoms with Gasteiger partial charge in [-0.2, -0.15) is 0 Å². The van der Waals surface area contributed by atoms with E-state index in [-0.39, 0.29) is 36.4 Å². The first kappa shape index (κ1) is 28.1. The van der Waals surface area contributed by atoms with Gasteiger partial charge >= 0.3 is 0 Å². The lowest BCUT2D eigenvalue weighted by atomic mass is 9.92. The second-order valence-electron chi connectivity index (χ2n) is 7.88.